The summed E-state index contributed by atoms with van der Waals surface area (Å²) in [5.74, 6) is 0.487. The first-order valence-electron chi connectivity index (χ1n) is 14.0. The van der Waals surface area contributed by atoms with Gasteiger partial charge < -0.3 is 19.4 Å². The van der Waals surface area contributed by atoms with Crippen LogP contribution < -0.4 is 9.64 Å². The van der Waals surface area contributed by atoms with Crippen molar-refractivity contribution in [3.05, 3.63) is 94.4 Å². The van der Waals surface area contributed by atoms with Gasteiger partial charge in [0.05, 0.1) is 11.4 Å². The van der Waals surface area contributed by atoms with E-state index in [2.05, 4.69) is 39.9 Å². The number of rotatable bonds is 8. The molecule has 6 nitrogen and oxygen atoms in total. The van der Waals surface area contributed by atoms with Crippen LogP contribution in [0.4, 0.5) is 10.1 Å². The zero-order valence-electron chi connectivity index (χ0n) is 22.9. The highest BCUT2D eigenvalue weighted by Gasteiger charge is 2.34. The van der Waals surface area contributed by atoms with Gasteiger partial charge in [0.1, 0.15) is 23.5 Å². The van der Waals surface area contributed by atoms with Crippen LogP contribution in [0.5, 0.6) is 5.75 Å². The first kappa shape index (κ1) is 27.8. The number of halogens is 2. The van der Waals surface area contributed by atoms with Crippen LogP contribution in [0, 0.1) is 5.82 Å². The Morgan fingerprint density at radius 1 is 1.07 bits per heavy atom. The molecule has 0 bridgehead atoms. The number of carbonyl (C=O) groups excluding carboxylic acids is 1. The summed E-state index contributed by atoms with van der Waals surface area (Å²) in [6.07, 6.45) is 5.02. The third-order valence-corrected chi connectivity index (χ3v) is 9.41. The van der Waals surface area contributed by atoms with Gasteiger partial charge in [0.2, 0.25) is 5.91 Å². The topological polar surface area (TPSA) is 48.4 Å². The van der Waals surface area contributed by atoms with Crippen molar-refractivity contribution in [2.24, 2.45) is 4.99 Å². The molecule has 3 aliphatic heterocycles. The van der Waals surface area contributed by atoms with E-state index >= 15 is 0 Å². The number of fused-ring (bicyclic) bond motifs is 3. The van der Waals surface area contributed by atoms with Crippen molar-refractivity contribution in [1.82, 2.24) is 9.80 Å². The number of nitrogens with zero attached hydrogens (tertiary/aromatic N) is 4. The number of anilines is 1. The molecular formula is C32H32ClFN4O2S. The normalized spacial score (nSPS) is 18.2. The van der Waals surface area contributed by atoms with Crippen LogP contribution >= 0.6 is 23.4 Å². The number of benzene rings is 3. The van der Waals surface area contributed by atoms with E-state index in [1.165, 1.54) is 28.2 Å². The minimum Gasteiger partial charge on any atom is -0.487 e. The van der Waals surface area contributed by atoms with Crippen LogP contribution in [0.2, 0.25) is 5.02 Å². The fraction of sp³-hybridized carbons (Fsp3) is 0.312. The molecule has 1 amide bonds. The molecule has 1 fully saturated rings. The molecule has 1 saturated heterocycles. The molecule has 0 saturated carbocycles. The Bertz CT molecular complexity index is 1500. The lowest BCUT2D eigenvalue weighted by Gasteiger charge is -2.34. The third kappa shape index (κ3) is 6.15. The summed E-state index contributed by atoms with van der Waals surface area (Å²) < 4.78 is 19.4. The molecule has 0 spiro atoms. The Labute approximate surface area is 249 Å². The molecule has 0 aliphatic carbocycles. The van der Waals surface area contributed by atoms with Gasteiger partial charge in [0.25, 0.3) is 0 Å². The van der Waals surface area contributed by atoms with Crippen LogP contribution in [0.15, 0.2) is 76.8 Å². The summed E-state index contributed by atoms with van der Waals surface area (Å²) in [7, 11) is 0. The Morgan fingerprint density at radius 3 is 2.71 bits per heavy atom. The summed E-state index contributed by atoms with van der Waals surface area (Å²) in [5, 5.41) is 0.511. The quantitative estimate of drug-likeness (QED) is 0.301. The molecular weight excluding hydrogens is 559 g/mol. The number of aryl methyl sites for hydroxylation is 1. The molecule has 1 atom stereocenters. The summed E-state index contributed by atoms with van der Waals surface area (Å²) in [4.78, 5) is 25.0. The maximum absolute atomic E-state index is 13.5. The lowest BCUT2D eigenvalue weighted by molar-refractivity contribution is -0.132. The number of amides is 1. The van der Waals surface area contributed by atoms with Crippen molar-refractivity contribution in [1.29, 1.82) is 0 Å². The Morgan fingerprint density at radius 2 is 1.93 bits per heavy atom. The van der Waals surface area contributed by atoms with Crippen molar-refractivity contribution in [2.75, 3.05) is 37.6 Å². The molecule has 1 unspecified atom stereocenters. The Kier molecular flexibility index (Phi) is 8.32. The Hall–Kier alpha value is -3.33. The van der Waals surface area contributed by atoms with Gasteiger partial charge in [-0.05, 0) is 66.1 Å². The van der Waals surface area contributed by atoms with Crippen molar-refractivity contribution in [3.63, 3.8) is 0 Å². The predicted molar refractivity (Wildman–Crippen MR) is 164 cm³/mol. The third-order valence-electron chi connectivity index (χ3n) is 7.82. The second-order valence-electron chi connectivity index (χ2n) is 10.4. The molecule has 9 heteroatoms. The van der Waals surface area contributed by atoms with E-state index in [-0.39, 0.29) is 23.7 Å². The standard InChI is InChI=1S/C32H32ClFN4O2S/c1-2-36-12-14-37(15-13-36)31(39)11-7-22-6-9-26-27-19-35-21-38(32(27)41-30(26)17-22)25-8-10-29(28(33)18-25)40-20-23-4-3-5-24(34)16-23/h3-6,8-10,16-19,21,32H,2,7,11-15,20H2,1H3. The van der Waals surface area contributed by atoms with Crippen molar-refractivity contribution in [3.8, 4) is 5.75 Å². The van der Waals surface area contributed by atoms with Gasteiger partial charge in [-0.2, -0.15) is 0 Å². The zero-order valence-corrected chi connectivity index (χ0v) is 24.5. The summed E-state index contributed by atoms with van der Waals surface area (Å²) in [6.45, 7) is 7.00. The number of piperazine rings is 1. The van der Waals surface area contributed by atoms with E-state index in [1.807, 2.05) is 41.7 Å². The van der Waals surface area contributed by atoms with Gasteiger partial charge in [-0.25, -0.2) is 9.38 Å². The van der Waals surface area contributed by atoms with Gasteiger partial charge >= 0.3 is 0 Å². The van der Waals surface area contributed by atoms with Crippen LogP contribution in [0.1, 0.15) is 30.0 Å². The Balaban J connectivity index is 1.10. The van der Waals surface area contributed by atoms with E-state index in [0.29, 0.717) is 17.2 Å². The van der Waals surface area contributed by atoms with E-state index in [9.17, 15) is 9.18 Å². The number of likely N-dealkylation sites (N-methyl/N-ethyl adjacent to an activating group) is 1. The fourth-order valence-electron chi connectivity index (χ4n) is 5.44. The van der Waals surface area contributed by atoms with E-state index < -0.39 is 0 Å². The maximum Gasteiger partial charge on any atom is 0.222 e. The molecule has 41 heavy (non-hydrogen) atoms. The lowest BCUT2D eigenvalue weighted by atomic mass is 10.0. The number of ether oxygens (including phenoxy) is 1. The maximum atomic E-state index is 13.5. The minimum absolute atomic E-state index is 0.0318. The van der Waals surface area contributed by atoms with Crippen LogP contribution in [0.25, 0.3) is 5.57 Å². The highest BCUT2D eigenvalue weighted by molar-refractivity contribution is 8.01. The number of hydrogen-bond acceptors (Lipinski definition) is 6. The van der Waals surface area contributed by atoms with Crippen LogP contribution in [-0.4, -0.2) is 60.1 Å². The molecule has 3 aromatic rings. The van der Waals surface area contributed by atoms with E-state index in [1.54, 1.807) is 17.8 Å². The van der Waals surface area contributed by atoms with Crippen molar-refractivity contribution < 1.29 is 13.9 Å². The van der Waals surface area contributed by atoms with Crippen molar-refractivity contribution >= 4 is 46.9 Å². The number of aliphatic imine (C=N–C) groups is 1. The second-order valence-corrected chi connectivity index (χ2v) is 11.9. The molecule has 0 N–H and O–H groups in total. The lowest BCUT2D eigenvalue weighted by Crippen LogP contribution is -2.48. The second kappa shape index (κ2) is 12.3. The van der Waals surface area contributed by atoms with E-state index in [4.69, 9.17) is 16.3 Å². The van der Waals surface area contributed by atoms with Crippen LogP contribution in [-0.2, 0) is 17.8 Å². The molecule has 212 valence electrons. The smallest absolute Gasteiger partial charge is 0.222 e. The molecule has 3 heterocycles. The predicted octanol–water partition coefficient (Wildman–Crippen LogP) is 6.48. The average molecular weight is 591 g/mol. The summed E-state index contributed by atoms with van der Waals surface area (Å²) >= 11 is 8.38. The van der Waals surface area contributed by atoms with Gasteiger partial charge in [0, 0.05) is 55.0 Å². The van der Waals surface area contributed by atoms with Crippen molar-refractivity contribution in [2.45, 2.75) is 36.6 Å². The molecule has 0 radical (unpaired) electrons. The monoisotopic (exact) mass is 590 g/mol. The first-order valence-corrected chi connectivity index (χ1v) is 15.2. The SMILES string of the molecule is CCN1CCN(C(=O)CCc2ccc3c(c2)SC2C3=CN=CN2c2ccc(OCc3cccc(F)c3)c(Cl)c2)CC1. The zero-order chi connectivity index (χ0) is 28.3. The van der Waals surface area contributed by atoms with Gasteiger partial charge in [-0.1, -0.05) is 54.6 Å². The molecule has 0 aromatic heterocycles. The van der Waals surface area contributed by atoms with Gasteiger partial charge in [-0.15, -0.1) is 0 Å². The average Bonchev–Trinajstić information content (AvgIpc) is 3.37. The number of carbonyl (C=O) groups is 1. The van der Waals surface area contributed by atoms with Gasteiger partial charge in [-0.3, -0.25) is 4.79 Å². The number of hydrogen-bond donors (Lipinski definition) is 0. The summed E-state index contributed by atoms with van der Waals surface area (Å²) in [6, 6.07) is 18.5. The molecule has 3 aliphatic rings. The summed E-state index contributed by atoms with van der Waals surface area (Å²) in [5.41, 5.74) is 5.13. The van der Waals surface area contributed by atoms with Gasteiger partial charge in [0.15, 0.2) is 0 Å². The van der Waals surface area contributed by atoms with E-state index in [0.717, 1.165) is 56.0 Å². The minimum atomic E-state index is -0.294. The van der Waals surface area contributed by atoms with Crippen LogP contribution in [0.3, 0.4) is 0 Å². The largest absolute Gasteiger partial charge is 0.487 e. The molecule has 3 aromatic carbocycles. The molecule has 6 rings (SSSR count). The first-order chi connectivity index (χ1) is 20.0. The highest BCUT2D eigenvalue weighted by atomic mass is 35.5. The number of thioether (sulfide) groups is 1. The highest BCUT2D eigenvalue weighted by Crippen LogP contribution is 2.49. The fourth-order valence-corrected chi connectivity index (χ4v) is 7.05.